The van der Waals surface area contributed by atoms with Gasteiger partial charge >= 0.3 is 0 Å². The van der Waals surface area contributed by atoms with E-state index in [-0.39, 0.29) is 0 Å². The minimum Gasteiger partial charge on any atom is -0.316 e. The van der Waals surface area contributed by atoms with Gasteiger partial charge in [0, 0.05) is 24.5 Å². The van der Waals surface area contributed by atoms with Crippen LogP contribution in [0.1, 0.15) is 58.1 Å². The SMILES string of the molecule is CCCNCC1CCC(C)(C)CC1c1cnccn1. The molecule has 0 saturated heterocycles. The van der Waals surface area contributed by atoms with Crippen LogP contribution in [0.4, 0.5) is 0 Å². The zero-order valence-electron chi connectivity index (χ0n) is 12.5. The second-order valence-electron chi connectivity index (χ2n) is 6.61. The van der Waals surface area contributed by atoms with Crippen molar-refractivity contribution in [2.24, 2.45) is 11.3 Å². The fraction of sp³-hybridized carbons (Fsp3) is 0.750. The van der Waals surface area contributed by atoms with Gasteiger partial charge in [-0.05, 0) is 50.1 Å². The van der Waals surface area contributed by atoms with Crippen molar-refractivity contribution in [3.05, 3.63) is 24.3 Å². The predicted octanol–water partition coefficient (Wildman–Crippen LogP) is 3.39. The third kappa shape index (κ3) is 4.00. The number of aromatic nitrogens is 2. The van der Waals surface area contributed by atoms with Crippen LogP contribution >= 0.6 is 0 Å². The maximum Gasteiger partial charge on any atom is 0.0620 e. The zero-order chi connectivity index (χ0) is 13.7. The largest absolute Gasteiger partial charge is 0.316 e. The molecule has 0 spiro atoms. The summed E-state index contributed by atoms with van der Waals surface area (Å²) in [6, 6.07) is 0. The molecular weight excluding hydrogens is 234 g/mol. The number of hydrogen-bond acceptors (Lipinski definition) is 3. The molecule has 3 nitrogen and oxygen atoms in total. The summed E-state index contributed by atoms with van der Waals surface area (Å²) in [7, 11) is 0. The van der Waals surface area contributed by atoms with E-state index in [0.29, 0.717) is 17.3 Å². The van der Waals surface area contributed by atoms with E-state index >= 15 is 0 Å². The third-order valence-corrected chi connectivity index (χ3v) is 4.33. The van der Waals surface area contributed by atoms with Crippen LogP contribution in [-0.4, -0.2) is 23.1 Å². The van der Waals surface area contributed by atoms with Gasteiger partial charge in [0.2, 0.25) is 0 Å². The highest BCUT2D eigenvalue weighted by Gasteiger charge is 2.36. The van der Waals surface area contributed by atoms with Crippen molar-refractivity contribution in [3.63, 3.8) is 0 Å². The fourth-order valence-corrected chi connectivity index (χ4v) is 3.20. The van der Waals surface area contributed by atoms with E-state index in [4.69, 9.17) is 0 Å². The molecule has 1 fully saturated rings. The molecule has 0 radical (unpaired) electrons. The second-order valence-corrected chi connectivity index (χ2v) is 6.61. The molecule has 19 heavy (non-hydrogen) atoms. The summed E-state index contributed by atoms with van der Waals surface area (Å²) in [6.07, 6.45) is 10.6. The van der Waals surface area contributed by atoms with Crippen LogP contribution < -0.4 is 5.32 Å². The molecule has 0 aromatic carbocycles. The Morgan fingerprint density at radius 2 is 2.21 bits per heavy atom. The molecule has 1 heterocycles. The lowest BCUT2D eigenvalue weighted by atomic mass is 9.66. The number of rotatable bonds is 5. The molecule has 2 atom stereocenters. The first-order valence-electron chi connectivity index (χ1n) is 7.59. The first-order valence-corrected chi connectivity index (χ1v) is 7.59. The highest BCUT2D eigenvalue weighted by molar-refractivity contribution is 5.09. The Hall–Kier alpha value is -0.960. The summed E-state index contributed by atoms with van der Waals surface area (Å²) < 4.78 is 0. The van der Waals surface area contributed by atoms with Gasteiger partial charge < -0.3 is 5.32 Å². The highest BCUT2D eigenvalue weighted by atomic mass is 14.9. The molecule has 0 bridgehead atoms. The van der Waals surface area contributed by atoms with E-state index in [2.05, 4.69) is 36.1 Å². The van der Waals surface area contributed by atoms with E-state index < -0.39 is 0 Å². The maximum absolute atomic E-state index is 4.56. The highest BCUT2D eigenvalue weighted by Crippen LogP contribution is 2.45. The Bertz CT molecular complexity index is 375. The van der Waals surface area contributed by atoms with Crippen molar-refractivity contribution in [1.29, 1.82) is 0 Å². The summed E-state index contributed by atoms with van der Waals surface area (Å²) in [6.45, 7) is 9.22. The lowest BCUT2D eigenvalue weighted by Crippen LogP contribution is -2.35. The topological polar surface area (TPSA) is 37.8 Å². The molecule has 1 aliphatic carbocycles. The predicted molar refractivity (Wildman–Crippen MR) is 79.1 cm³/mol. The lowest BCUT2D eigenvalue weighted by Gasteiger charge is -2.40. The first kappa shape index (κ1) is 14.4. The summed E-state index contributed by atoms with van der Waals surface area (Å²) in [5.74, 6) is 1.26. The van der Waals surface area contributed by atoms with Gasteiger partial charge in [-0.3, -0.25) is 9.97 Å². The Morgan fingerprint density at radius 3 is 2.89 bits per heavy atom. The minimum atomic E-state index is 0.434. The molecule has 1 aliphatic rings. The van der Waals surface area contributed by atoms with Crippen LogP contribution in [0.5, 0.6) is 0 Å². The quantitative estimate of drug-likeness (QED) is 0.826. The van der Waals surface area contributed by atoms with E-state index in [1.807, 2.05) is 12.4 Å². The van der Waals surface area contributed by atoms with Gasteiger partial charge in [0.15, 0.2) is 0 Å². The first-order chi connectivity index (χ1) is 9.12. The maximum atomic E-state index is 4.56. The summed E-state index contributed by atoms with van der Waals surface area (Å²) >= 11 is 0. The molecule has 3 heteroatoms. The molecule has 2 rings (SSSR count). The average Bonchev–Trinajstić information content (AvgIpc) is 2.41. The van der Waals surface area contributed by atoms with Gasteiger partial charge in [0.25, 0.3) is 0 Å². The minimum absolute atomic E-state index is 0.434. The van der Waals surface area contributed by atoms with Crippen LogP contribution in [-0.2, 0) is 0 Å². The van der Waals surface area contributed by atoms with Crippen molar-refractivity contribution >= 4 is 0 Å². The van der Waals surface area contributed by atoms with Crippen LogP contribution in [0, 0.1) is 11.3 Å². The van der Waals surface area contributed by atoms with Crippen molar-refractivity contribution in [2.75, 3.05) is 13.1 Å². The fourth-order valence-electron chi connectivity index (χ4n) is 3.20. The summed E-state index contributed by atoms with van der Waals surface area (Å²) in [4.78, 5) is 8.81. The number of nitrogens with zero attached hydrogens (tertiary/aromatic N) is 2. The van der Waals surface area contributed by atoms with Gasteiger partial charge in [0.1, 0.15) is 0 Å². The molecule has 1 N–H and O–H groups in total. The molecule has 2 unspecified atom stereocenters. The number of nitrogens with one attached hydrogen (secondary N) is 1. The lowest BCUT2D eigenvalue weighted by molar-refractivity contribution is 0.157. The van der Waals surface area contributed by atoms with Gasteiger partial charge in [-0.2, -0.15) is 0 Å². The molecule has 1 aromatic heterocycles. The monoisotopic (exact) mass is 261 g/mol. The van der Waals surface area contributed by atoms with E-state index in [9.17, 15) is 0 Å². The summed E-state index contributed by atoms with van der Waals surface area (Å²) in [5.41, 5.74) is 1.61. The Kier molecular flexibility index (Phi) is 4.92. The van der Waals surface area contributed by atoms with Crippen molar-refractivity contribution < 1.29 is 0 Å². The van der Waals surface area contributed by atoms with Crippen LogP contribution in [0.15, 0.2) is 18.6 Å². The van der Waals surface area contributed by atoms with Gasteiger partial charge in [-0.25, -0.2) is 0 Å². The molecule has 0 aliphatic heterocycles. The third-order valence-electron chi connectivity index (χ3n) is 4.33. The van der Waals surface area contributed by atoms with Crippen molar-refractivity contribution in [1.82, 2.24) is 15.3 Å². The van der Waals surface area contributed by atoms with E-state index in [1.54, 1.807) is 6.20 Å². The molecule has 1 aromatic rings. The Morgan fingerprint density at radius 1 is 1.37 bits per heavy atom. The van der Waals surface area contributed by atoms with Gasteiger partial charge in [0.05, 0.1) is 5.69 Å². The Labute approximate surface area is 117 Å². The van der Waals surface area contributed by atoms with Gasteiger partial charge in [-0.1, -0.05) is 20.8 Å². The normalized spacial score (nSPS) is 26.3. The average molecular weight is 261 g/mol. The molecule has 0 amide bonds. The zero-order valence-corrected chi connectivity index (χ0v) is 12.5. The standard InChI is InChI=1S/C16H27N3/c1-4-7-17-11-13-5-6-16(2,3)10-14(13)15-12-18-8-9-19-15/h8-9,12-14,17H,4-7,10-11H2,1-3H3. The van der Waals surface area contributed by atoms with Crippen molar-refractivity contribution in [3.8, 4) is 0 Å². The van der Waals surface area contributed by atoms with Gasteiger partial charge in [-0.15, -0.1) is 0 Å². The second kappa shape index (κ2) is 6.47. The van der Waals surface area contributed by atoms with Crippen LogP contribution in [0.2, 0.25) is 0 Å². The molecular formula is C16H27N3. The Balaban J connectivity index is 2.08. The molecule has 1 saturated carbocycles. The van der Waals surface area contributed by atoms with E-state index in [1.165, 1.54) is 31.4 Å². The van der Waals surface area contributed by atoms with Crippen molar-refractivity contribution in [2.45, 2.75) is 52.4 Å². The summed E-state index contributed by atoms with van der Waals surface area (Å²) in [5, 5.41) is 3.58. The van der Waals surface area contributed by atoms with E-state index in [0.717, 1.165) is 13.1 Å². The van der Waals surface area contributed by atoms with Crippen LogP contribution in [0.25, 0.3) is 0 Å². The molecule has 106 valence electrons. The number of hydrogen-bond donors (Lipinski definition) is 1. The smallest absolute Gasteiger partial charge is 0.0620 e. The van der Waals surface area contributed by atoms with Crippen LogP contribution in [0.3, 0.4) is 0 Å².